The Hall–Kier alpha value is -3.38. The molecule has 1 amide bonds. The zero-order valence-corrected chi connectivity index (χ0v) is 27.1. The SMILES string of the molecule is Cc1ccc2oc(=O)n(Cc3ccc(OCC(=O)NCCC[C@@H]4O[C@@H]5O[C@@H](C)CC[C@H]6[C@H](C)CC[C@@H]([C@H]4C)[C@@]56OO)c(O)c3)c2c1. The molecule has 2 aliphatic heterocycles. The largest absolute Gasteiger partial charge is 0.504 e. The van der Waals surface area contributed by atoms with Crippen LogP contribution in [-0.4, -0.2) is 58.1 Å². The Labute approximate surface area is 268 Å². The Morgan fingerprint density at radius 3 is 2.65 bits per heavy atom. The van der Waals surface area contributed by atoms with E-state index in [2.05, 4.69) is 26.1 Å². The van der Waals surface area contributed by atoms with Gasteiger partial charge in [-0.25, -0.2) is 9.68 Å². The summed E-state index contributed by atoms with van der Waals surface area (Å²) in [6, 6.07) is 10.4. The number of hydrogen-bond acceptors (Lipinski definition) is 9. The number of carbonyl (C=O) groups is 1. The van der Waals surface area contributed by atoms with Crippen molar-refractivity contribution in [2.75, 3.05) is 13.2 Å². The topological polar surface area (TPSA) is 142 Å². The number of aryl methyl sites for hydroxylation is 1. The number of amides is 1. The summed E-state index contributed by atoms with van der Waals surface area (Å²) >= 11 is 0. The van der Waals surface area contributed by atoms with Gasteiger partial charge in [-0.3, -0.25) is 14.6 Å². The highest BCUT2D eigenvalue weighted by molar-refractivity contribution is 5.77. The van der Waals surface area contributed by atoms with E-state index < -0.39 is 17.6 Å². The number of aromatic nitrogens is 1. The number of fused-ring (bicyclic) bond motifs is 1. The van der Waals surface area contributed by atoms with Gasteiger partial charge >= 0.3 is 5.76 Å². The Balaban J connectivity index is 0.991. The molecule has 3 aliphatic rings. The van der Waals surface area contributed by atoms with E-state index in [0.29, 0.717) is 35.5 Å². The molecule has 1 saturated carbocycles. The van der Waals surface area contributed by atoms with Crippen molar-refractivity contribution >= 4 is 17.0 Å². The van der Waals surface area contributed by atoms with Gasteiger partial charge in [-0.1, -0.05) is 26.0 Å². The second-order valence-corrected chi connectivity index (χ2v) is 13.6. The van der Waals surface area contributed by atoms with Crippen LogP contribution in [0.4, 0.5) is 0 Å². The first-order valence-electron chi connectivity index (χ1n) is 16.6. The second-order valence-electron chi connectivity index (χ2n) is 13.6. The summed E-state index contributed by atoms with van der Waals surface area (Å²) in [5.41, 5.74) is 2.03. The molecule has 2 aromatic carbocycles. The van der Waals surface area contributed by atoms with Crippen molar-refractivity contribution in [3.05, 3.63) is 58.1 Å². The molecule has 0 radical (unpaired) electrons. The molecule has 11 heteroatoms. The molecule has 250 valence electrons. The van der Waals surface area contributed by atoms with Crippen molar-refractivity contribution in [1.29, 1.82) is 0 Å². The van der Waals surface area contributed by atoms with Gasteiger partial charge in [-0.05, 0) is 106 Å². The smallest absolute Gasteiger partial charge is 0.420 e. The number of rotatable bonds is 10. The van der Waals surface area contributed by atoms with E-state index >= 15 is 0 Å². The predicted octanol–water partition coefficient (Wildman–Crippen LogP) is 5.38. The van der Waals surface area contributed by atoms with Crippen molar-refractivity contribution in [1.82, 2.24) is 9.88 Å². The van der Waals surface area contributed by atoms with E-state index in [-0.39, 0.29) is 60.5 Å². The van der Waals surface area contributed by atoms with Crippen LogP contribution in [0.15, 0.2) is 45.6 Å². The van der Waals surface area contributed by atoms with E-state index in [1.165, 1.54) is 10.6 Å². The number of nitrogens with one attached hydrogen (secondary N) is 1. The number of oxazole rings is 1. The molecule has 0 bridgehead atoms. The Kier molecular flexibility index (Phi) is 9.48. The van der Waals surface area contributed by atoms with Crippen LogP contribution >= 0.6 is 0 Å². The molecular formula is C35H46N2O9. The fourth-order valence-electron chi connectivity index (χ4n) is 8.12. The fraction of sp³-hybridized carbons (Fsp3) is 0.600. The molecule has 8 atom stereocenters. The van der Waals surface area contributed by atoms with Gasteiger partial charge in [0.1, 0.15) is 0 Å². The average molecular weight is 639 g/mol. The summed E-state index contributed by atoms with van der Waals surface area (Å²) in [5, 5.41) is 23.8. The number of aromatic hydroxyl groups is 1. The first-order valence-corrected chi connectivity index (χ1v) is 16.6. The molecule has 0 spiro atoms. The third-order valence-corrected chi connectivity index (χ3v) is 10.6. The van der Waals surface area contributed by atoms with E-state index in [0.717, 1.165) is 37.7 Å². The first kappa shape index (κ1) is 32.6. The molecule has 3 aromatic rings. The lowest BCUT2D eigenvalue weighted by molar-refractivity contribution is -0.444. The van der Waals surface area contributed by atoms with Gasteiger partial charge in [0.05, 0.1) is 24.3 Å². The second kappa shape index (κ2) is 13.4. The first-order chi connectivity index (χ1) is 22.1. The maximum Gasteiger partial charge on any atom is 0.420 e. The molecular weight excluding hydrogens is 592 g/mol. The van der Waals surface area contributed by atoms with Gasteiger partial charge in [0.2, 0.25) is 0 Å². The molecule has 1 aromatic heterocycles. The van der Waals surface area contributed by atoms with Crippen LogP contribution in [0.1, 0.15) is 70.4 Å². The third-order valence-electron chi connectivity index (χ3n) is 10.6. The van der Waals surface area contributed by atoms with E-state index in [1.54, 1.807) is 18.2 Å². The molecule has 3 heterocycles. The van der Waals surface area contributed by atoms with Gasteiger partial charge in [0.15, 0.2) is 35.6 Å². The summed E-state index contributed by atoms with van der Waals surface area (Å²) in [6.07, 6.45) is 4.63. The lowest BCUT2D eigenvalue weighted by atomic mass is 9.57. The summed E-state index contributed by atoms with van der Waals surface area (Å²) < 4.78 is 25.3. The molecule has 2 saturated heterocycles. The summed E-state index contributed by atoms with van der Waals surface area (Å²) in [7, 11) is 0. The van der Waals surface area contributed by atoms with Crippen LogP contribution in [0.3, 0.4) is 0 Å². The summed E-state index contributed by atoms with van der Waals surface area (Å²) in [4.78, 5) is 30.4. The minimum Gasteiger partial charge on any atom is -0.504 e. The Morgan fingerprint density at radius 2 is 1.87 bits per heavy atom. The van der Waals surface area contributed by atoms with Crippen LogP contribution in [-0.2, 0) is 25.7 Å². The minimum atomic E-state index is -0.849. The normalized spacial score (nSPS) is 30.8. The number of phenols is 1. The predicted molar refractivity (Wildman–Crippen MR) is 170 cm³/mol. The average Bonchev–Trinajstić information content (AvgIpc) is 3.24. The zero-order valence-electron chi connectivity index (χ0n) is 27.1. The van der Waals surface area contributed by atoms with E-state index in [1.807, 2.05) is 19.1 Å². The van der Waals surface area contributed by atoms with Crippen LogP contribution in [0.2, 0.25) is 0 Å². The van der Waals surface area contributed by atoms with Crippen molar-refractivity contribution in [2.45, 2.75) is 96.9 Å². The number of ether oxygens (including phenoxy) is 3. The molecule has 3 fully saturated rings. The number of carbonyl (C=O) groups excluding carboxylic acids is 1. The maximum atomic E-state index is 12.6. The monoisotopic (exact) mass is 638 g/mol. The zero-order chi connectivity index (χ0) is 32.6. The van der Waals surface area contributed by atoms with Crippen LogP contribution < -0.4 is 15.8 Å². The van der Waals surface area contributed by atoms with Crippen molar-refractivity contribution in [3.8, 4) is 11.5 Å². The molecule has 6 rings (SSSR count). The lowest BCUT2D eigenvalue weighted by Crippen LogP contribution is -2.67. The Morgan fingerprint density at radius 1 is 1.07 bits per heavy atom. The van der Waals surface area contributed by atoms with Gasteiger partial charge in [-0.2, -0.15) is 0 Å². The molecule has 3 N–H and O–H groups in total. The van der Waals surface area contributed by atoms with Gasteiger partial charge < -0.3 is 29.1 Å². The van der Waals surface area contributed by atoms with Crippen molar-refractivity contribution in [2.24, 2.45) is 23.7 Å². The third kappa shape index (κ3) is 6.17. The van der Waals surface area contributed by atoms with Gasteiger partial charge in [0, 0.05) is 12.5 Å². The van der Waals surface area contributed by atoms with Gasteiger partial charge in [-0.15, -0.1) is 0 Å². The van der Waals surface area contributed by atoms with Crippen molar-refractivity contribution < 1.29 is 38.7 Å². The molecule has 1 aliphatic carbocycles. The maximum absolute atomic E-state index is 12.6. The number of benzene rings is 2. The lowest BCUT2D eigenvalue weighted by Gasteiger charge is -2.58. The van der Waals surface area contributed by atoms with Crippen LogP contribution in [0.25, 0.3) is 11.1 Å². The number of phenolic OH excluding ortho intramolecular Hbond substituents is 1. The Bertz CT molecular complexity index is 1600. The summed E-state index contributed by atoms with van der Waals surface area (Å²) in [5.74, 6) is 0.162. The fourth-order valence-corrected chi connectivity index (χ4v) is 8.12. The highest BCUT2D eigenvalue weighted by Crippen LogP contribution is 2.56. The van der Waals surface area contributed by atoms with E-state index in [4.69, 9.17) is 23.5 Å². The molecule has 11 nitrogen and oxygen atoms in total. The quantitative estimate of drug-likeness (QED) is 0.152. The van der Waals surface area contributed by atoms with Gasteiger partial charge in [0.25, 0.3) is 5.91 Å². The highest BCUT2D eigenvalue weighted by atomic mass is 17.1. The standard InChI is InChI=1S/C35H46N2O9/c1-20-7-13-30-27(16-20)37(34(40)45-30)18-24-10-14-31(28(38)17-24)42-19-32(39)36-15-5-6-29-23(4)26-11-8-21(2)25-12-9-22(3)43-33(44-29)35(25,26)46-41/h7,10,13-14,16-17,21-23,25-26,29,33,38,41H,5-6,8-9,11-12,15,18-19H2,1-4H3,(H,36,39)/t21-,22+,23-,25+,26+,29+,33+,35-/m1/s1. The highest BCUT2D eigenvalue weighted by Gasteiger charge is 2.64. The van der Waals surface area contributed by atoms with Crippen LogP contribution in [0.5, 0.6) is 11.5 Å². The van der Waals surface area contributed by atoms with E-state index in [9.17, 15) is 20.0 Å². The van der Waals surface area contributed by atoms with Crippen LogP contribution in [0, 0.1) is 30.6 Å². The van der Waals surface area contributed by atoms with Crippen molar-refractivity contribution in [3.63, 3.8) is 0 Å². The number of hydrogen-bond donors (Lipinski definition) is 3. The molecule has 46 heavy (non-hydrogen) atoms. The minimum absolute atomic E-state index is 0.0187. The molecule has 0 unspecified atom stereocenters. The number of nitrogens with zero attached hydrogens (tertiary/aromatic N) is 1. The summed E-state index contributed by atoms with van der Waals surface area (Å²) in [6.45, 7) is 8.82.